The first-order valence-corrected chi connectivity index (χ1v) is 8.44. The van der Waals surface area contributed by atoms with Crippen molar-refractivity contribution in [2.75, 3.05) is 18.0 Å². The van der Waals surface area contributed by atoms with Crippen molar-refractivity contribution in [1.29, 1.82) is 0 Å². The molecular weight excluding hydrogens is 291 g/mol. The maximum atomic E-state index is 9.74. The van der Waals surface area contributed by atoms with E-state index in [1.54, 1.807) is 0 Å². The predicted molar refractivity (Wildman–Crippen MR) is 73.3 cm³/mol. The molecule has 6 heteroatoms. The molecule has 0 aromatic carbocycles. The Bertz CT molecular complexity index is 407. The maximum absolute atomic E-state index is 9.74. The van der Waals surface area contributed by atoms with Gasteiger partial charge >= 0.3 is 114 Å². The summed E-state index contributed by atoms with van der Waals surface area (Å²) in [6, 6.07) is 2.19. The van der Waals surface area contributed by atoms with E-state index in [1.165, 1.54) is 0 Å². The van der Waals surface area contributed by atoms with Crippen LogP contribution in [-0.2, 0) is 0 Å². The van der Waals surface area contributed by atoms with Crippen LogP contribution in [0.4, 0.5) is 5.82 Å². The molecule has 99 valence electrons. The molecule has 1 saturated heterocycles. The summed E-state index contributed by atoms with van der Waals surface area (Å²) in [6.07, 6.45) is 2.83. The Morgan fingerprint density at radius 2 is 2.39 bits per heavy atom. The van der Waals surface area contributed by atoms with E-state index in [0.29, 0.717) is 0 Å². The van der Waals surface area contributed by atoms with Gasteiger partial charge in [0.2, 0.25) is 0 Å². The van der Waals surface area contributed by atoms with Gasteiger partial charge in [0.15, 0.2) is 0 Å². The van der Waals surface area contributed by atoms with Crippen LogP contribution in [0.1, 0.15) is 20.3 Å². The number of hydrogen-bond donors (Lipinski definition) is 2. The minimum absolute atomic E-state index is 0.185. The molecule has 1 aromatic rings. The molecule has 0 bridgehead atoms. The zero-order valence-electron chi connectivity index (χ0n) is 10.9. The molecule has 18 heavy (non-hydrogen) atoms. The Morgan fingerprint density at radius 1 is 1.61 bits per heavy atom. The number of aromatic nitrogens is 2. The van der Waals surface area contributed by atoms with Gasteiger partial charge in [0, 0.05) is 0 Å². The van der Waals surface area contributed by atoms with E-state index in [1.807, 2.05) is 26.1 Å². The zero-order chi connectivity index (χ0) is 13.2. The van der Waals surface area contributed by atoms with Gasteiger partial charge in [-0.15, -0.1) is 0 Å². The fourth-order valence-electron chi connectivity index (χ4n) is 1.85. The van der Waals surface area contributed by atoms with Crippen molar-refractivity contribution in [3.8, 4) is 0 Å². The average molecular weight is 311 g/mol. The molecule has 3 N–H and O–H groups in total. The van der Waals surface area contributed by atoms with Gasteiger partial charge in [0.25, 0.3) is 0 Å². The van der Waals surface area contributed by atoms with Crippen molar-refractivity contribution in [1.82, 2.24) is 9.97 Å². The van der Waals surface area contributed by atoms with Gasteiger partial charge in [-0.3, -0.25) is 0 Å². The molecule has 1 fully saturated rings. The van der Waals surface area contributed by atoms with Crippen molar-refractivity contribution < 1.29 is 5.11 Å². The van der Waals surface area contributed by atoms with Gasteiger partial charge in [0.1, 0.15) is 0 Å². The quantitative estimate of drug-likeness (QED) is 0.736. The number of anilines is 1. The average Bonchev–Trinajstić information content (AvgIpc) is 2.73. The summed E-state index contributed by atoms with van der Waals surface area (Å²) in [5, 5.41) is 10.5. The van der Waals surface area contributed by atoms with Crippen LogP contribution in [0.2, 0.25) is 5.21 Å². The normalized spacial score (nSPS) is 21.1. The number of nitrogens with two attached hydrogens (primary N) is 1. The Morgan fingerprint density at radius 3 is 3.00 bits per heavy atom. The van der Waals surface area contributed by atoms with Crippen LogP contribution >= 0.6 is 0 Å². The summed E-state index contributed by atoms with van der Waals surface area (Å²) in [6.45, 7) is 5.50. The van der Waals surface area contributed by atoms with E-state index in [4.69, 9.17) is 5.73 Å². The molecular formula is C12H20AsN4O. The van der Waals surface area contributed by atoms with E-state index in [0.717, 1.165) is 35.1 Å². The monoisotopic (exact) mass is 311 g/mol. The number of aliphatic hydroxyl groups is 1. The van der Waals surface area contributed by atoms with Crippen molar-refractivity contribution in [3.63, 3.8) is 0 Å². The van der Waals surface area contributed by atoms with Crippen LogP contribution in [0.15, 0.2) is 12.3 Å². The predicted octanol–water partition coefficient (Wildman–Crippen LogP) is -0.467. The minimum atomic E-state index is -0.630. The summed E-state index contributed by atoms with van der Waals surface area (Å²) in [5.74, 6) is 0.971. The van der Waals surface area contributed by atoms with Gasteiger partial charge in [-0.2, -0.15) is 0 Å². The molecule has 2 rings (SSSR count). The fraction of sp³-hybridized carbons (Fsp3) is 0.667. The second-order valence-corrected chi connectivity index (χ2v) is 7.50. The first kappa shape index (κ1) is 13.8. The second-order valence-electron chi connectivity index (χ2n) is 5.34. The van der Waals surface area contributed by atoms with E-state index in [9.17, 15) is 5.11 Å². The van der Waals surface area contributed by atoms with Crippen LogP contribution in [0.5, 0.6) is 0 Å². The Hall–Kier alpha value is -0.642. The molecule has 0 aliphatic carbocycles. The third-order valence-corrected chi connectivity index (χ3v) is 5.79. The summed E-state index contributed by atoms with van der Waals surface area (Å²) in [4.78, 5) is 11.1. The molecule has 1 aliphatic rings. The molecule has 2 heterocycles. The van der Waals surface area contributed by atoms with Crippen LogP contribution in [0, 0.1) is 0 Å². The van der Waals surface area contributed by atoms with Gasteiger partial charge < -0.3 is 0 Å². The van der Waals surface area contributed by atoms with Gasteiger partial charge in [-0.05, 0) is 0 Å². The van der Waals surface area contributed by atoms with E-state index >= 15 is 0 Å². The van der Waals surface area contributed by atoms with Crippen LogP contribution < -0.4 is 15.2 Å². The molecule has 0 saturated carbocycles. The van der Waals surface area contributed by atoms with Crippen molar-refractivity contribution in [3.05, 3.63) is 12.3 Å². The second kappa shape index (κ2) is 5.55. The van der Waals surface area contributed by atoms with E-state index in [-0.39, 0.29) is 21.8 Å². The molecule has 1 aliphatic heterocycles. The van der Waals surface area contributed by atoms with Crippen molar-refractivity contribution in [2.24, 2.45) is 5.73 Å². The number of hydrogen-bond acceptors (Lipinski definition) is 5. The first-order valence-electron chi connectivity index (χ1n) is 6.17. The Labute approximate surface area is 114 Å². The number of rotatable bonds is 4. The van der Waals surface area contributed by atoms with Crippen molar-refractivity contribution in [2.45, 2.75) is 37.1 Å². The van der Waals surface area contributed by atoms with Crippen molar-refractivity contribution >= 4 is 26.2 Å². The van der Waals surface area contributed by atoms with Crippen LogP contribution in [0.25, 0.3) is 0 Å². The fourth-order valence-corrected chi connectivity index (χ4v) is 3.63. The van der Waals surface area contributed by atoms with Gasteiger partial charge in [-0.1, -0.05) is 0 Å². The molecule has 5 nitrogen and oxygen atoms in total. The summed E-state index contributed by atoms with van der Waals surface area (Å²) < 4.78 is 0.881. The van der Waals surface area contributed by atoms with Gasteiger partial charge in [0.05, 0.1) is 0 Å². The van der Waals surface area contributed by atoms with Crippen LogP contribution in [0.3, 0.4) is 0 Å². The zero-order valence-corrected chi connectivity index (χ0v) is 12.8. The third kappa shape index (κ3) is 3.94. The summed E-state index contributed by atoms with van der Waals surface area (Å²) in [5.41, 5.74) is 5.27. The SMILES string of the molecule is CC(C)(O)C[As]c1nccc(N2CCC(N)C2)n1. The summed E-state index contributed by atoms with van der Waals surface area (Å²) >= 11 is -0.185. The molecule has 0 amide bonds. The standard InChI is InChI=1S/C12H20AsN4O/c1-12(2,18)8-13-11-15-5-3-10(16-11)17-6-4-9(14)7-17/h3,5,9,18H,4,6-8,14H2,1-2H3. The Kier molecular flexibility index (Phi) is 4.25. The topological polar surface area (TPSA) is 75.3 Å². The molecule has 1 atom stereocenters. The number of nitrogens with zero attached hydrogens (tertiary/aromatic N) is 3. The Balaban J connectivity index is 2.01. The molecule has 1 aromatic heterocycles. The first-order chi connectivity index (χ1) is 8.44. The summed E-state index contributed by atoms with van der Waals surface area (Å²) in [7, 11) is 0. The van der Waals surface area contributed by atoms with E-state index in [2.05, 4.69) is 14.9 Å². The van der Waals surface area contributed by atoms with Crippen LogP contribution in [-0.4, -0.2) is 55.6 Å². The molecule has 1 radical (unpaired) electrons. The van der Waals surface area contributed by atoms with E-state index < -0.39 is 5.60 Å². The molecule has 1 unspecified atom stereocenters. The molecule has 0 spiro atoms. The third-order valence-electron chi connectivity index (χ3n) is 2.78. The van der Waals surface area contributed by atoms with Gasteiger partial charge in [-0.25, -0.2) is 0 Å².